The van der Waals surface area contributed by atoms with Gasteiger partial charge in [-0.3, -0.25) is 9.69 Å². The standard InChI is InChI=1S/C13H16N4O.ClH/c18-13-10-3-1-2-4-11(10)15-12(16-13)9-17-7-5-14-6-8-17;/h1-4,14H,5-9H2,(H,15,16,18);1H. The predicted octanol–water partition coefficient (Wildman–Crippen LogP) is 0.750. The molecule has 5 nitrogen and oxygen atoms in total. The molecule has 0 aliphatic carbocycles. The number of H-pyrrole nitrogens is 1. The van der Waals surface area contributed by atoms with E-state index >= 15 is 0 Å². The largest absolute Gasteiger partial charge is 0.314 e. The van der Waals surface area contributed by atoms with E-state index in [0.29, 0.717) is 11.9 Å². The highest BCUT2D eigenvalue weighted by Crippen LogP contribution is 2.07. The highest BCUT2D eigenvalue weighted by molar-refractivity contribution is 5.85. The lowest BCUT2D eigenvalue weighted by Crippen LogP contribution is -2.43. The van der Waals surface area contributed by atoms with Crippen LogP contribution in [0.1, 0.15) is 5.82 Å². The molecule has 1 fully saturated rings. The first-order chi connectivity index (χ1) is 8.83. The van der Waals surface area contributed by atoms with Crippen LogP contribution in [0.4, 0.5) is 0 Å². The van der Waals surface area contributed by atoms with Gasteiger partial charge in [0.25, 0.3) is 5.56 Å². The molecule has 1 aliphatic heterocycles. The summed E-state index contributed by atoms with van der Waals surface area (Å²) in [5.74, 6) is 0.751. The molecule has 6 heteroatoms. The van der Waals surface area contributed by atoms with Crippen molar-refractivity contribution in [1.29, 1.82) is 0 Å². The molecule has 1 aliphatic rings. The second kappa shape index (κ2) is 6.14. The first kappa shape index (κ1) is 14.0. The number of aromatic nitrogens is 2. The van der Waals surface area contributed by atoms with Crippen LogP contribution in [0.2, 0.25) is 0 Å². The van der Waals surface area contributed by atoms with Gasteiger partial charge >= 0.3 is 0 Å². The van der Waals surface area contributed by atoms with E-state index in [1.807, 2.05) is 18.2 Å². The Balaban J connectivity index is 0.00000133. The van der Waals surface area contributed by atoms with Crippen LogP contribution in [0.25, 0.3) is 10.9 Å². The van der Waals surface area contributed by atoms with Crippen LogP contribution in [-0.4, -0.2) is 41.0 Å². The van der Waals surface area contributed by atoms with Crippen LogP contribution in [0.3, 0.4) is 0 Å². The number of hydrogen-bond donors (Lipinski definition) is 2. The summed E-state index contributed by atoms with van der Waals surface area (Å²) >= 11 is 0. The van der Waals surface area contributed by atoms with Gasteiger partial charge in [-0.2, -0.15) is 0 Å². The monoisotopic (exact) mass is 280 g/mol. The average molecular weight is 281 g/mol. The lowest BCUT2D eigenvalue weighted by Gasteiger charge is -2.26. The fourth-order valence-corrected chi connectivity index (χ4v) is 2.29. The summed E-state index contributed by atoms with van der Waals surface area (Å²) in [4.78, 5) is 21.6. The van der Waals surface area contributed by atoms with E-state index in [4.69, 9.17) is 0 Å². The molecule has 2 aromatic rings. The number of piperazine rings is 1. The molecule has 0 atom stereocenters. The smallest absolute Gasteiger partial charge is 0.258 e. The predicted molar refractivity (Wildman–Crippen MR) is 77.8 cm³/mol. The van der Waals surface area contributed by atoms with Crippen LogP contribution in [0, 0.1) is 0 Å². The summed E-state index contributed by atoms with van der Waals surface area (Å²) in [6.07, 6.45) is 0. The van der Waals surface area contributed by atoms with E-state index in [0.717, 1.165) is 37.5 Å². The minimum Gasteiger partial charge on any atom is -0.314 e. The molecule has 1 aromatic carbocycles. The van der Waals surface area contributed by atoms with Crippen LogP contribution in [0.5, 0.6) is 0 Å². The zero-order valence-corrected chi connectivity index (χ0v) is 11.4. The van der Waals surface area contributed by atoms with E-state index in [-0.39, 0.29) is 18.0 Å². The van der Waals surface area contributed by atoms with Crippen LogP contribution in [0.15, 0.2) is 29.1 Å². The van der Waals surface area contributed by atoms with Crippen molar-refractivity contribution in [3.63, 3.8) is 0 Å². The summed E-state index contributed by atoms with van der Waals surface area (Å²) in [6, 6.07) is 7.44. The normalized spacial score (nSPS) is 16.2. The number of halogens is 1. The molecule has 102 valence electrons. The van der Waals surface area contributed by atoms with Crippen molar-refractivity contribution in [2.75, 3.05) is 26.2 Å². The molecule has 1 saturated heterocycles. The number of nitrogens with zero attached hydrogens (tertiary/aromatic N) is 2. The highest BCUT2D eigenvalue weighted by atomic mass is 35.5. The van der Waals surface area contributed by atoms with Gasteiger partial charge in [-0.15, -0.1) is 12.4 Å². The minimum atomic E-state index is -0.0502. The minimum absolute atomic E-state index is 0. The molecular weight excluding hydrogens is 264 g/mol. The first-order valence-electron chi connectivity index (χ1n) is 6.24. The molecule has 0 amide bonds. The Labute approximate surface area is 117 Å². The first-order valence-corrected chi connectivity index (χ1v) is 6.24. The fourth-order valence-electron chi connectivity index (χ4n) is 2.29. The van der Waals surface area contributed by atoms with Crippen molar-refractivity contribution < 1.29 is 0 Å². The topological polar surface area (TPSA) is 61.0 Å². The Hall–Kier alpha value is -1.43. The lowest BCUT2D eigenvalue weighted by atomic mass is 10.2. The zero-order chi connectivity index (χ0) is 12.4. The maximum absolute atomic E-state index is 11.9. The number of benzene rings is 1. The van der Waals surface area contributed by atoms with Crippen molar-refractivity contribution >= 4 is 23.3 Å². The van der Waals surface area contributed by atoms with Crippen LogP contribution in [-0.2, 0) is 6.54 Å². The number of para-hydroxylation sites is 1. The molecule has 0 unspecified atom stereocenters. The van der Waals surface area contributed by atoms with Crippen LogP contribution >= 0.6 is 12.4 Å². The third kappa shape index (κ3) is 3.12. The Morgan fingerprint density at radius 1 is 1.21 bits per heavy atom. The third-order valence-corrected chi connectivity index (χ3v) is 3.24. The van der Waals surface area contributed by atoms with Gasteiger partial charge in [-0.25, -0.2) is 4.98 Å². The van der Waals surface area contributed by atoms with E-state index in [1.54, 1.807) is 6.07 Å². The Bertz CT molecular complexity index is 607. The second-order valence-electron chi connectivity index (χ2n) is 4.56. The van der Waals surface area contributed by atoms with Gasteiger partial charge in [0.2, 0.25) is 0 Å². The van der Waals surface area contributed by atoms with E-state index in [9.17, 15) is 4.79 Å². The molecule has 19 heavy (non-hydrogen) atoms. The van der Waals surface area contributed by atoms with Gasteiger partial charge in [0.05, 0.1) is 17.4 Å². The van der Waals surface area contributed by atoms with Gasteiger partial charge < -0.3 is 10.3 Å². The summed E-state index contributed by atoms with van der Waals surface area (Å²) in [7, 11) is 0. The van der Waals surface area contributed by atoms with E-state index < -0.39 is 0 Å². The van der Waals surface area contributed by atoms with Gasteiger partial charge in [0.15, 0.2) is 0 Å². The third-order valence-electron chi connectivity index (χ3n) is 3.24. The molecule has 1 aromatic heterocycles. The summed E-state index contributed by atoms with van der Waals surface area (Å²) in [5.41, 5.74) is 0.720. The van der Waals surface area contributed by atoms with E-state index in [1.165, 1.54) is 0 Å². The molecule has 2 heterocycles. The molecule has 0 radical (unpaired) electrons. The van der Waals surface area contributed by atoms with Crippen molar-refractivity contribution in [3.05, 3.63) is 40.4 Å². The van der Waals surface area contributed by atoms with Gasteiger partial charge in [0.1, 0.15) is 5.82 Å². The van der Waals surface area contributed by atoms with Crippen molar-refractivity contribution in [2.45, 2.75) is 6.54 Å². The fraction of sp³-hybridized carbons (Fsp3) is 0.385. The van der Waals surface area contributed by atoms with Crippen molar-refractivity contribution in [1.82, 2.24) is 20.2 Å². The number of hydrogen-bond acceptors (Lipinski definition) is 4. The molecule has 0 spiro atoms. The summed E-state index contributed by atoms with van der Waals surface area (Å²) in [5, 5.41) is 3.96. The van der Waals surface area contributed by atoms with Crippen LogP contribution < -0.4 is 10.9 Å². The number of rotatable bonds is 2. The second-order valence-corrected chi connectivity index (χ2v) is 4.56. The number of fused-ring (bicyclic) bond motifs is 1. The molecular formula is C13H17ClN4O. The quantitative estimate of drug-likeness (QED) is 0.852. The average Bonchev–Trinajstić information content (AvgIpc) is 2.40. The lowest BCUT2D eigenvalue weighted by molar-refractivity contribution is 0.228. The molecule has 0 saturated carbocycles. The maximum atomic E-state index is 11.9. The molecule has 0 bridgehead atoms. The Kier molecular flexibility index (Phi) is 4.52. The SMILES string of the molecule is Cl.O=c1[nH]c(CN2CCNCC2)nc2ccccc12. The molecule has 3 rings (SSSR count). The Morgan fingerprint density at radius 3 is 2.74 bits per heavy atom. The summed E-state index contributed by atoms with van der Waals surface area (Å²) in [6.45, 7) is 4.70. The van der Waals surface area contributed by atoms with Crippen molar-refractivity contribution in [3.8, 4) is 0 Å². The van der Waals surface area contributed by atoms with Gasteiger partial charge in [0, 0.05) is 26.2 Å². The number of nitrogens with one attached hydrogen (secondary N) is 2. The maximum Gasteiger partial charge on any atom is 0.258 e. The Morgan fingerprint density at radius 2 is 1.95 bits per heavy atom. The van der Waals surface area contributed by atoms with E-state index in [2.05, 4.69) is 20.2 Å². The molecule has 2 N–H and O–H groups in total. The van der Waals surface area contributed by atoms with Gasteiger partial charge in [-0.1, -0.05) is 12.1 Å². The summed E-state index contributed by atoms with van der Waals surface area (Å²) < 4.78 is 0. The van der Waals surface area contributed by atoms with Gasteiger partial charge in [-0.05, 0) is 12.1 Å². The number of aromatic amines is 1. The zero-order valence-electron chi connectivity index (χ0n) is 10.6. The van der Waals surface area contributed by atoms with Crippen molar-refractivity contribution in [2.24, 2.45) is 0 Å². The highest BCUT2D eigenvalue weighted by Gasteiger charge is 2.11.